The Morgan fingerprint density at radius 2 is 2.25 bits per heavy atom. The highest BCUT2D eigenvalue weighted by molar-refractivity contribution is 5.39. The van der Waals surface area contributed by atoms with Crippen LogP contribution in [-0.4, -0.2) is 12.6 Å². The summed E-state index contributed by atoms with van der Waals surface area (Å²) in [6.45, 7) is 0.708. The Hall–Kier alpha value is -1.46. The van der Waals surface area contributed by atoms with Gasteiger partial charge < -0.3 is 10.5 Å². The Morgan fingerprint density at radius 3 is 3.00 bits per heavy atom. The zero-order valence-corrected chi connectivity index (χ0v) is 9.41. The number of unbranched alkanes of at least 4 members (excludes halogenated alkanes) is 1. The van der Waals surface area contributed by atoms with E-state index in [4.69, 9.17) is 10.5 Å². The molecule has 1 aromatic rings. The molecule has 2 heteroatoms. The van der Waals surface area contributed by atoms with Gasteiger partial charge in [-0.05, 0) is 44.0 Å². The van der Waals surface area contributed by atoms with E-state index in [1.807, 2.05) is 24.3 Å². The van der Waals surface area contributed by atoms with Gasteiger partial charge in [0.25, 0.3) is 0 Å². The van der Waals surface area contributed by atoms with Crippen LogP contribution in [0.4, 0.5) is 0 Å². The van der Waals surface area contributed by atoms with Gasteiger partial charge in [-0.1, -0.05) is 17.9 Å². The van der Waals surface area contributed by atoms with Gasteiger partial charge in [0.05, 0.1) is 6.10 Å². The summed E-state index contributed by atoms with van der Waals surface area (Å²) in [6.07, 6.45) is 4.65. The van der Waals surface area contributed by atoms with Gasteiger partial charge in [-0.3, -0.25) is 0 Å². The normalized spacial score (nSPS) is 14.1. The van der Waals surface area contributed by atoms with Gasteiger partial charge in [0, 0.05) is 12.0 Å². The van der Waals surface area contributed by atoms with Gasteiger partial charge in [-0.25, -0.2) is 0 Å². The molecule has 1 aliphatic rings. The molecule has 0 heterocycles. The lowest BCUT2D eigenvalue weighted by Crippen LogP contribution is -1.96. The molecule has 0 amide bonds. The van der Waals surface area contributed by atoms with E-state index in [0.717, 1.165) is 24.2 Å². The van der Waals surface area contributed by atoms with E-state index in [0.29, 0.717) is 12.6 Å². The molecule has 16 heavy (non-hydrogen) atoms. The van der Waals surface area contributed by atoms with E-state index in [9.17, 15) is 0 Å². The van der Waals surface area contributed by atoms with Crippen molar-refractivity contribution >= 4 is 0 Å². The monoisotopic (exact) mass is 215 g/mol. The highest BCUT2D eigenvalue weighted by Crippen LogP contribution is 2.26. The molecule has 0 aliphatic heterocycles. The zero-order valence-electron chi connectivity index (χ0n) is 9.41. The standard InChI is InChI=1S/C14H17NO/c15-10-3-1-2-5-12-6-4-7-14(11-12)16-13-8-9-13/h4,6-7,11,13H,1,3,8-10,15H2. The number of hydrogen-bond acceptors (Lipinski definition) is 2. The molecule has 2 nitrogen and oxygen atoms in total. The molecule has 84 valence electrons. The highest BCUT2D eigenvalue weighted by Gasteiger charge is 2.23. The lowest BCUT2D eigenvalue weighted by Gasteiger charge is -2.03. The van der Waals surface area contributed by atoms with Gasteiger partial charge >= 0.3 is 0 Å². The molecular weight excluding hydrogens is 198 g/mol. The molecule has 0 radical (unpaired) electrons. The summed E-state index contributed by atoms with van der Waals surface area (Å²) in [7, 11) is 0. The topological polar surface area (TPSA) is 35.2 Å². The first-order valence-electron chi connectivity index (χ1n) is 5.84. The first kappa shape index (κ1) is 11.0. The smallest absolute Gasteiger partial charge is 0.120 e. The summed E-state index contributed by atoms with van der Waals surface area (Å²) in [5.41, 5.74) is 6.43. The maximum absolute atomic E-state index is 5.71. The average molecular weight is 215 g/mol. The molecule has 1 saturated carbocycles. The van der Waals surface area contributed by atoms with Crippen LogP contribution >= 0.6 is 0 Å². The van der Waals surface area contributed by atoms with Gasteiger partial charge in [0.1, 0.15) is 5.75 Å². The molecule has 0 saturated heterocycles. The van der Waals surface area contributed by atoms with E-state index >= 15 is 0 Å². The van der Waals surface area contributed by atoms with Gasteiger partial charge in [0.15, 0.2) is 0 Å². The van der Waals surface area contributed by atoms with Gasteiger partial charge in [-0.2, -0.15) is 0 Å². The summed E-state index contributed by atoms with van der Waals surface area (Å²) >= 11 is 0. The van der Waals surface area contributed by atoms with Crippen molar-refractivity contribution in [2.45, 2.75) is 31.8 Å². The Labute approximate surface area is 96.8 Å². The number of rotatable bonds is 4. The van der Waals surface area contributed by atoms with Crippen LogP contribution in [0.5, 0.6) is 5.75 Å². The van der Waals surface area contributed by atoms with Crippen LogP contribution in [0.1, 0.15) is 31.2 Å². The second-order valence-electron chi connectivity index (χ2n) is 4.04. The Balaban J connectivity index is 1.93. The first-order valence-corrected chi connectivity index (χ1v) is 5.84. The molecule has 0 spiro atoms. The largest absolute Gasteiger partial charge is 0.490 e. The summed E-state index contributed by atoms with van der Waals surface area (Å²) in [6, 6.07) is 8.00. The van der Waals surface area contributed by atoms with Crippen molar-refractivity contribution < 1.29 is 4.74 Å². The first-order chi connectivity index (χ1) is 7.88. The quantitative estimate of drug-likeness (QED) is 0.618. The summed E-state index contributed by atoms with van der Waals surface area (Å²) in [4.78, 5) is 0. The zero-order chi connectivity index (χ0) is 11.2. The van der Waals surface area contributed by atoms with E-state index < -0.39 is 0 Å². The van der Waals surface area contributed by atoms with Crippen LogP contribution in [0.25, 0.3) is 0 Å². The van der Waals surface area contributed by atoms with E-state index in [1.165, 1.54) is 12.8 Å². The lowest BCUT2D eigenvalue weighted by atomic mass is 10.2. The predicted molar refractivity (Wildman–Crippen MR) is 65.3 cm³/mol. The van der Waals surface area contributed by atoms with Crippen molar-refractivity contribution in [1.29, 1.82) is 0 Å². The predicted octanol–water partition coefficient (Wildman–Crippen LogP) is 2.32. The Bertz CT molecular complexity index is 399. The Kier molecular flexibility index (Phi) is 3.85. The minimum Gasteiger partial charge on any atom is -0.490 e. The molecule has 1 aliphatic carbocycles. The number of nitrogens with two attached hydrogens (primary N) is 1. The van der Waals surface area contributed by atoms with E-state index in [-0.39, 0.29) is 0 Å². The summed E-state index contributed by atoms with van der Waals surface area (Å²) in [5.74, 6) is 7.18. The van der Waals surface area contributed by atoms with Crippen LogP contribution in [0.2, 0.25) is 0 Å². The Morgan fingerprint density at radius 1 is 1.38 bits per heavy atom. The maximum Gasteiger partial charge on any atom is 0.120 e. The van der Waals surface area contributed by atoms with Crippen molar-refractivity contribution in [3.8, 4) is 17.6 Å². The van der Waals surface area contributed by atoms with Crippen molar-refractivity contribution in [3.05, 3.63) is 29.8 Å². The SMILES string of the molecule is NCCCC#Cc1cccc(OC2CC2)c1. The minimum absolute atomic E-state index is 0.445. The number of ether oxygens (including phenoxy) is 1. The molecule has 1 aromatic carbocycles. The van der Waals surface area contributed by atoms with Crippen molar-refractivity contribution in [1.82, 2.24) is 0 Å². The third kappa shape index (κ3) is 3.60. The highest BCUT2D eigenvalue weighted by atomic mass is 16.5. The molecule has 2 rings (SSSR count). The lowest BCUT2D eigenvalue weighted by molar-refractivity contribution is 0.303. The third-order valence-electron chi connectivity index (χ3n) is 2.40. The minimum atomic E-state index is 0.445. The average Bonchev–Trinajstić information content (AvgIpc) is 3.09. The van der Waals surface area contributed by atoms with Crippen LogP contribution in [0.3, 0.4) is 0 Å². The molecule has 1 fully saturated rings. The molecule has 0 bridgehead atoms. The van der Waals surface area contributed by atoms with E-state index in [2.05, 4.69) is 11.8 Å². The van der Waals surface area contributed by atoms with Crippen LogP contribution in [-0.2, 0) is 0 Å². The third-order valence-corrected chi connectivity index (χ3v) is 2.40. The fourth-order valence-electron chi connectivity index (χ4n) is 1.38. The van der Waals surface area contributed by atoms with Crippen molar-refractivity contribution in [2.75, 3.05) is 6.54 Å². The second kappa shape index (κ2) is 5.58. The number of benzene rings is 1. The fourth-order valence-corrected chi connectivity index (χ4v) is 1.38. The summed E-state index contributed by atoms with van der Waals surface area (Å²) in [5, 5.41) is 0. The molecular formula is C14H17NO. The van der Waals surface area contributed by atoms with E-state index in [1.54, 1.807) is 0 Å². The van der Waals surface area contributed by atoms with Crippen LogP contribution in [0.15, 0.2) is 24.3 Å². The van der Waals surface area contributed by atoms with Gasteiger partial charge in [-0.15, -0.1) is 0 Å². The maximum atomic E-state index is 5.71. The van der Waals surface area contributed by atoms with Crippen molar-refractivity contribution in [3.63, 3.8) is 0 Å². The molecule has 0 aromatic heterocycles. The summed E-state index contributed by atoms with van der Waals surface area (Å²) < 4.78 is 5.71. The fraction of sp³-hybridized carbons (Fsp3) is 0.429. The van der Waals surface area contributed by atoms with Gasteiger partial charge in [0.2, 0.25) is 0 Å². The van der Waals surface area contributed by atoms with Crippen molar-refractivity contribution in [2.24, 2.45) is 5.73 Å². The molecule has 0 atom stereocenters. The molecule has 2 N–H and O–H groups in total. The van der Waals surface area contributed by atoms with Crippen LogP contribution in [0, 0.1) is 11.8 Å². The number of hydrogen-bond donors (Lipinski definition) is 1. The van der Waals surface area contributed by atoms with Crippen LogP contribution < -0.4 is 10.5 Å². The molecule has 0 unspecified atom stereocenters. The second-order valence-corrected chi connectivity index (χ2v) is 4.04.